The van der Waals surface area contributed by atoms with E-state index >= 15 is 0 Å². The fraction of sp³-hybridized carbons (Fsp3) is 0.0500. The Bertz CT molecular complexity index is 978. The molecule has 3 nitrogen and oxygen atoms in total. The molecule has 2 aromatic carbocycles. The van der Waals surface area contributed by atoms with Crippen molar-refractivity contribution in [3.63, 3.8) is 0 Å². The molecule has 4 aromatic rings. The molecule has 110 valence electrons. The number of pyridine rings is 1. The van der Waals surface area contributed by atoms with Crippen LogP contribution in [0.25, 0.3) is 33.2 Å². The highest BCUT2D eigenvalue weighted by Gasteiger charge is 2.11. The number of nitrogens with zero attached hydrogens (tertiary/aromatic N) is 3. The molecule has 0 unspecified atom stereocenters. The summed E-state index contributed by atoms with van der Waals surface area (Å²) in [5, 5.41) is 11.1. The minimum atomic E-state index is 0.896. The van der Waals surface area contributed by atoms with E-state index in [1.807, 2.05) is 19.1 Å². The molecule has 0 amide bonds. The highest BCUT2D eigenvalue weighted by atomic mass is 15.1. The summed E-state index contributed by atoms with van der Waals surface area (Å²) in [6.07, 6.45) is 3.60. The third-order valence-corrected chi connectivity index (χ3v) is 3.93. The molecule has 3 heteroatoms. The molecule has 0 atom stereocenters. The normalized spacial score (nSPS) is 10.8. The van der Waals surface area contributed by atoms with E-state index in [1.54, 1.807) is 12.4 Å². The number of benzene rings is 2. The first kappa shape index (κ1) is 13.6. The molecule has 0 saturated carbocycles. The lowest BCUT2D eigenvalue weighted by molar-refractivity contribution is 0.989. The van der Waals surface area contributed by atoms with Crippen molar-refractivity contribution in [2.45, 2.75) is 6.92 Å². The number of hydrogen-bond donors (Lipinski definition) is 0. The molecule has 0 saturated heterocycles. The van der Waals surface area contributed by atoms with Gasteiger partial charge in [-0.1, -0.05) is 36.4 Å². The van der Waals surface area contributed by atoms with Crippen LogP contribution < -0.4 is 0 Å². The third kappa shape index (κ3) is 2.57. The summed E-state index contributed by atoms with van der Waals surface area (Å²) in [5.74, 6) is 0. The molecular weight excluding hydrogens is 282 g/mol. The van der Waals surface area contributed by atoms with Crippen LogP contribution in [-0.4, -0.2) is 15.2 Å². The Balaban J connectivity index is 1.94. The minimum Gasteiger partial charge on any atom is -0.265 e. The van der Waals surface area contributed by atoms with Crippen LogP contribution in [0.3, 0.4) is 0 Å². The Morgan fingerprint density at radius 2 is 1.48 bits per heavy atom. The van der Waals surface area contributed by atoms with Gasteiger partial charge in [0.05, 0.1) is 5.69 Å². The molecule has 0 aliphatic rings. The number of rotatable bonds is 2. The Hall–Kier alpha value is -3.07. The van der Waals surface area contributed by atoms with Gasteiger partial charge >= 0.3 is 0 Å². The summed E-state index contributed by atoms with van der Waals surface area (Å²) in [5.41, 5.74) is 5.05. The van der Waals surface area contributed by atoms with Crippen LogP contribution in [0.4, 0.5) is 0 Å². The standard InChI is InChI=1S/C20H15N3/c1-14-12-19(16-8-10-21-11-9-16)20(23-22-14)18-7-6-15-4-2-3-5-17(15)13-18/h2-13H,1H3. The molecular formula is C20H15N3. The molecule has 2 heterocycles. The van der Waals surface area contributed by atoms with E-state index in [-0.39, 0.29) is 0 Å². The first-order valence-corrected chi connectivity index (χ1v) is 7.55. The van der Waals surface area contributed by atoms with Gasteiger partial charge < -0.3 is 0 Å². The van der Waals surface area contributed by atoms with Gasteiger partial charge in [-0.15, -0.1) is 5.10 Å². The summed E-state index contributed by atoms with van der Waals surface area (Å²) in [4.78, 5) is 4.10. The Labute approximate surface area is 134 Å². The van der Waals surface area contributed by atoms with Gasteiger partial charge in [0.2, 0.25) is 0 Å². The highest BCUT2D eigenvalue weighted by Crippen LogP contribution is 2.31. The number of fused-ring (bicyclic) bond motifs is 1. The minimum absolute atomic E-state index is 0.896. The number of hydrogen-bond acceptors (Lipinski definition) is 3. The Kier molecular flexibility index (Phi) is 3.31. The smallest absolute Gasteiger partial charge is 0.101 e. The maximum atomic E-state index is 4.46. The average molecular weight is 297 g/mol. The van der Waals surface area contributed by atoms with E-state index in [9.17, 15) is 0 Å². The van der Waals surface area contributed by atoms with Gasteiger partial charge in [-0.05, 0) is 47.5 Å². The zero-order valence-corrected chi connectivity index (χ0v) is 12.8. The number of aromatic nitrogens is 3. The van der Waals surface area contributed by atoms with Gasteiger partial charge in [-0.3, -0.25) is 4.98 Å². The van der Waals surface area contributed by atoms with Crippen molar-refractivity contribution >= 4 is 10.8 Å². The zero-order valence-electron chi connectivity index (χ0n) is 12.8. The molecule has 2 aromatic heterocycles. The summed E-state index contributed by atoms with van der Waals surface area (Å²) < 4.78 is 0. The van der Waals surface area contributed by atoms with E-state index in [1.165, 1.54) is 10.8 Å². The molecule has 0 spiro atoms. The first-order valence-electron chi connectivity index (χ1n) is 7.55. The lowest BCUT2D eigenvalue weighted by atomic mass is 9.98. The van der Waals surface area contributed by atoms with E-state index in [2.05, 4.69) is 63.7 Å². The summed E-state index contributed by atoms with van der Waals surface area (Å²) >= 11 is 0. The van der Waals surface area contributed by atoms with Gasteiger partial charge in [0.25, 0.3) is 0 Å². The van der Waals surface area contributed by atoms with Crippen molar-refractivity contribution in [3.8, 4) is 22.4 Å². The predicted molar refractivity (Wildman–Crippen MR) is 92.9 cm³/mol. The van der Waals surface area contributed by atoms with Crippen molar-refractivity contribution < 1.29 is 0 Å². The summed E-state index contributed by atoms with van der Waals surface area (Å²) in [6.45, 7) is 1.96. The van der Waals surface area contributed by atoms with E-state index in [0.717, 1.165) is 28.1 Å². The van der Waals surface area contributed by atoms with E-state index < -0.39 is 0 Å². The molecule has 0 bridgehead atoms. The fourth-order valence-corrected chi connectivity index (χ4v) is 2.79. The van der Waals surface area contributed by atoms with Gasteiger partial charge in [0.1, 0.15) is 5.69 Å². The van der Waals surface area contributed by atoms with Crippen LogP contribution in [0.2, 0.25) is 0 Å². The monoisotopic (exact) mass is 297 g/mol. The van der Waals surface area contributed by atoms with Crippen LogP contribution in [0.1, 0.15) is 5.69 Å². The largest absolute Gasteiger partial charge is 0.265 e. The molecule has 23 heavy (non-hydrogen) atoms. The zero-order chi connectivity index (χ0) is 15.6. The van der Waals surface area contributed by atoms with Gasteiger partial charge in [0, 0.05) is 23.5 Å². The van der Waals surface area contributed by atoms with Crippen LogP contribution >= 0.6 is 0 Å². The predicted octanol–water partition coefficient (Wildman–Crippen LogP) is 4.67. The van der Waals surface area contributed by atoms with Crippen molar-refractivity contribution in [1.82, 2.24) is 15.2 Å². The van der Waals surface area contributed by atoms with Crippen molar-refractivity contribution in [2.24, 2.45) is 0 Å². The van der Waals surface area contributed by atoms with Crippen molar-refractivity contribution in [3.05, 3.63) is 78.8 Å². The summed E-state index contributed by atoms with van der Waals surface area (Å²) in [6, 6.07) is 20.8. The van der Waals surface area contributed by atoms with Gasteiger partial charge in [-0.25, -0.2) is 0 Å². The number of aryl methyl sites for hydroxylation is 1. The van der Waals surface area contributed by atoms with Crippen molar-refractivity contribution in [2.75, 3.05) is 0 Å². The quantitative estimate of drug-likeness (QED) is 0.540. The second kappa shape index (κ2) is 5.61. The highest BCUT2D eigenvalue weighted by molar-refractivity contribution is 5.89. The molecule has 0 N–H and O–H groups in total. The topological polar surface area (TPSA) is 38.7 Å². The second-order valence-corrected chi connectivity index (χ2v) is 5.55. The lowest BCUT2D eigenvalue weighted by Crippen LogP contribution is -1.95. The first-order chi connectivity index (χ1) is 11.3. The van der Waals surface area contributed by atoms with Crippen LogP contribution in [0.15, 0.2) is 73.1 Å². The third-order valence-electron chi connectivity index (χ3n) is 3.93. The van der Waals surface area contributed by atoms with Gasteiger partial charge in [-0.2, -0.15) is 5.10 Å². The lowest BCUT2D eigenvalue weighted by Gasteiger charge is -2.10. The average Bonchev–Trinajstić information content (AvgIpc) is 2.62. The molecule has 0 aliphatic carbocycles. The Morgan fingerprint density at radius 3 is 2.30 bits per heavy atom. The Morgan fingerprint density at radius 1 is 0.696 bits per heavy atom. The fourth-order valence-electron chi connectivity index (χ4n) is 2.79. The SMILES string of the molecule is Cc1cc(-c2ccncc2)c(-c2ccc3ccccc3c2)nn1. The van der Waals surface area contributed by atoms with Gasteiger partial charge in [0.15, 0.2) is 0 Å². The van der Waals surface area contributed by atoms with E-state index in [0.29, 0.717) is 0 Å². The molecule has 0 radical (unpaired) electrons. The van der Waals surface area contributed by atoms with Crippen LogP contribution in [0.5, 0.6) is 0 Å². The maximum Gasteiger partial charge on any atom is 0.101 e. The molecule has 4 rings (SSSR count). The maximum absolute atomic E-state index is 4.46. The van der Waals surface area contributed by atoms with E-state index in [4.69, 9.17) is 0 Å². The van der Waals surface area contributed by atoms with Crippen LogP contribution in [0, 0.1) is 6.92 Å². The van der Waals surface area contributed by atoms with Crippen molar-refractivity contribution in [1.29, 1.82) is 0 Å². The molecule has 0 fully saturated rings. The summed E-state index contributed by atoms with van der Waals surface area (Å²) in [7, 11) is 0. The van der Waals surface area contributed by atoms with Crippen LogP contribution in [-0.2, 0) is 0 Å². The second-order valence-electron chi connectivity index (χ2n) is 5.55. The molecule has 0 aliphatic heterocycles.